The van der Waals surface area contributed by atoms with Crippen LogP contribution in [0, 0.1) is 6.92 Å². The minimum Gasteiger partial charge on any atom is -0.444 e. The number of nitrogens with one attached hydrogen (secondary N) is 1. The number of anilines is 1. The highest BCUT2D eigenvalue weighted by Crippen LogP contribution is 2.21. The summed E-state index contributed by atoms with van der Waals surface area (Å²) in [6, 6.07) is 7.64. The van der Waals surface area contributed by atoms with Crippen LogP contribution in [-0.2, 0) is 11.3 Å². The summed E-state index contributed by atoms with van der Waals surface area (Å²) in [5.74, 6) is 0.434. The Balaban J connectivity index is 2.07. The van der Waals surface area contributed by atoms with E-state index in [1.54, 1.807) is 6.07 Å². The average molecular weight is 314 g/mol. The summed E-state index contributed by atoms with van der Waals surface area (Å²) < 4.78 is 5.22. The predicted octanol–water partition coefficient (Wildman–Crippen LogP) is 3.06. The van der Waals surface area contributed by atoms with Crippen LogP contribution in [0.15, 0.2) is 30.6 Å². The third kappa shape index (κ3) is 4.95. The van der Waals surface area contributed by atoms with E-state index in [1.165, 1.54) is 6.33 Å². The minimum absolute atomic E-state index is 0.410. The lowest BCUT2D eigenvalue weighted by atomic mass is 10.0. The second-order valence-corrected chi connectivity index (χ2v) is 6.32. The number of ether oxygens (including phenoxy) is 1. The molecule has 0 aliphatic carbocycles. The zero-order valence-corrected chi connectivity index (χ0v) is 13.9. The van der Waals surface area contributed by atoms with Crippen LogP contribution in [0.3, 0.4) is 0 Å². The van der Waals surface area contributed by atoms with E-state index < -0.39 is 11.7 Å². The van der Waals surface area contributed by atoms with Gasteiger partial charge in [-0.3, -0.25) is 0 Å². The smallest absolute Gasteiger partial charge is 0.407 e. The second-order valence-electron chi connectivity index (χ2n) is 6.32. The fourth-order valence-corrected chi connectivity index (χ4v) is 2.07. The van der Waals surface area contributed by atoms with E-state index in [2.05, 4.69) is 15.3 Å². The van der Waals surface area contributed by atoms with Gasteiger partial charge < -0.3 is 15.8 Å². The van der Waals surface area contributed by atoms with Crippen LogP contribution in [0.2, 0.25) is 0 Å². The van der Waals surface area contributed by atoms with Gasteiger partial charge in [-0.05, 0) is 44.9 Å². The molecule has 6 nitrogen and oxygen atoms in total. The number of nitrogens with zero attached hydrogens (tertiary/aromatic N) is 2. The van der Waals surface area contributed by atoms with Gasteiger partial charge in [0.15, 0.2) is 0 Å². The number of nitrogens with two attached hydrogens (primary N) is 1. The van der Waals surface area contributed by atoms with Gasteiger partial charge in [-0.25, -0.2) is 14.8 Å². The first kappa shape index (κ1) is 16.7. The molecule has 0 saturated heterocycles. The van der Waals surface area contributed by atoms with Crippen molar-refractivity contribution >= 4 is 11.9 Å². The normalized spacial score (nSPS) is 11.1. The van der Waals surface area contributed by atoms with Crippen molar-refractivity contribution in [2.45, 2.75) is 39.8 Å². The molecule has 1 heterocycles. The molecule has 0 unspecified atom stereocenters. The van der Waals surface area contributed by atoms with Crippen molar-refractivity contribution in [1.29, 1.82) is 0 Å². The molecular formula is C17H22N4O2. The van der Waals surface area contributed by atoms with Gasteiger partial charge in [-0.1, -0.05) is 12.1 Å². The van der Waals surface area contributed by atoms with Crippen molar-refractivity contribution in [3.63, 3.8) is 0 Å². The molecule has 6 heteroatoms. The molecule has 0 aliphatic heterocycles. The van der Waals surface area contributed by atoms with Crippen molar-refractivity contribution in [3.8, 4) is 11.3 Å². The van der Waals surface area contributed by atoms with Crippen LogP contribution in [-0.4, -0.2) is 21.7 Å². The Morgan fingerprint density at radius 3 is 2.61 bits per heavy atom. The van der Waals surface area contributed by atoms with Crippen LogP contribution in [0.1, 0.15) is 31.9 Å². The Hall–Kier alpha value is -2.63. The molecule has 1 amide bonds. The fourth-order valence-electron chi connectivity index (χ4n) is 2.07. The Kier molecular flexibility index (Phi) is 4.83. The molecule has 0 atom stereocenters. The molecule has 3 N–H and O–H groups in total. The summed E-state index contributed by atoms with van der Waals surface area (Å²) in [6.07, 6.45) is 1.02. The second kappa shape index (κ2) is 6.64. The van der Waals surface area contributed by atoms with Gasteiger partial charge in [-0.15, -0.1) is 0 Å². The minimum atomic E-state index is -0.504. The predicted molar refractivity (Wildman–Crippen MR) is 89.7 cm³/mol. The van der Waals surface area contributed by atoms with Gasteiger partial charge in [0.25, 0.3) is 0 Å². The highest BCUT2D eigenvalue weighted by molar-refractivity contribution is 5.68. The third-order valence-corrected chi connectivity index (χ3v) is 3.15. The summed E-state index contributed by atoms with van der Waals surface area (Å²) >= 11 is 0. The lowest BCUT2D eigenvalue weighted by Gasteiger charge is -2.20. The third-order valence-electron chi connectivity index (χ3n) is 3.15. The van der Waals surface area contributed by atoms with E-state index in [-0.39, 0.29) is 0 Å². The maximum atomic E-state index is 11.7. The summed E-state index contributed by atoms with van der Waals surface area (Å²) in [5, 5.41) is 2.76. The summed E-state index contributed by atoms with van der Waals surface area (Å²) in [4.78, 5) is 19.8. The number of amides is 1. The number of nitrogen functional groups attached to an aromatic ring is 1. The highest BCUT2D eigenvalue weighted by atomic mass is 16.6. The molecule has 0 fully saturated rings. The Bertz CT molecular complexity index is 708. The number of carbonyl (C=O) groups excluding carboxylic acids is 1. The first-order chi connectivity index (χ1) is 10.7. The molecule has 1 aromatic carbocycles. The highest BCUT2D eigenvalue weighted by Gasteiger charge is 2.16. The maximum Gasteiger partial charge on any atom is 0.407 e. The Morgan fingerprint density at radius 2 is 2.00 bits per heavy atom. The SMILES string of the molecule is Cc1cc(-c2cc(N)ncn2)ccc1CNC(=O)OC(C)(C)C. The van der Waals surface area contributed by atoms with Crippen LogP contribution >= 0.6 is 0 Å². The average Bonchev–Trinajstić information content (AvgIpc) is 2.44. The number of carbonyl (C=O) groups is 1. The van der Waals surface area contributed by atoms with Gasteiger partial charge in [0.1, 0.15) is 17.7 Å². The number of hydrogen-bond donors (Lipinski definition) is 2. The number of rotatable bonds is 3. The van der Waals surface area contributed by atoms with Crippen molar-refractivity contribution in [1.82, 2.24) is 15.3 Å². The zero-order valence-electron chi connectivity index (χ0n) is 13.9. The van der Waals surface area contributed by atoms with Gasteiger partial charge in [-0.2, -0.15) is 0 Å². The number of hydrogen-bond acceptors (Lipinski definition) is 5. The van der Waals surface area contributed by atoms with Crippen molar-refractivity contribution in [3.05, 3.63) is 41.7 Å². The van der Waals surface area contributed by atoms with Crippen LogP contribution < -0.4 is 11.1 Å². The number of benzene rings is 1. The number of aromatic nitrogens is 2. The van der Waals surface area contributed by atoms with Crippen molar-refractivity contribution in [2.24, 2.45) is 0 Å². The van der Waals surface area contributed by atoms with Crippen LogP contribution in [0.25, 0.3) is 11.3 Å². The lowest BCUT2D eigenvalue weighted by molar-refractivity contribution is 0.0523. The van der Waals surface area contributed by atoms with Gasteiger partial charge in [0.05, 0.1) is 5.69 Å². The monoisotopic (exact) mass is 314 g/mol. The van der Waals surface area contributed by atoms with E-state index >= 15 is 0 Å². The van der Waals surface area contributed by atoms with Gasteiger partial charge >= 0.3 is 6.09 Å². The van der Waals surface area contributed by atoms with E-state index in [0.29, 0.717) is 12.4 Å². The molecule has 0 bridgehead atoms. The molecule has 0 radical (unpaired) electrons. The first-order valence-electron chi connectivity index (χ1n) is 7.39. The number of aryl methyl sites for hydroxylation is 1. The van der Waals surface area contributed by atoms with Crippen molar-refractivity contribution in [2.75, 3.05) is 5.73 Å². The zero-order chi connectivity index (χ0) is 17.0. The molecule has 23 heavy (non-hydrogen) atoms. The largest absolute Gasteiger partial charge is 0.444 e. The molecule has 0 saturated carbocycles. The molecule has 1 aromatic heterocycles. The maximum absolute atomic E-state index is 11.7. The molecule has 122 valence electrons. The summed E-state index contributed by atoms with van der Waals surface area (Å²) in [7, 11) is 0. The van der Waals surface area contributed by atoms with Crippen molar-refractivity contribution < 1.29 is 9.53 Å². The van der Waals surface area contributed by atoms with E-state index in [9.17, 15) is 4.79 Å². The molecule has 0 spiro atoms. The standard InChI is InChI=1S/C17H22N4O2/c1-11-7-12(14-8-15(18)21-10-20-14)5-6-13(11)9-19-16(22)23-17(2,3)4/h5-8,10H,9H2,1-4H3,(H,19,22)(H2,18,20,21). The van der Waals surface area contributed by atoms with Gasteiger partial charge in [0, 0.05) is 18.2 Å². The van der Waals surface area contributed by atoms with Crippen LogP contribution in [0.5, 0.6) is 0 Å². The first-order valence-corrected chi connectivity index (χ1v) is 7.39. The van der Waals surface area contributed by atoms with E-state index in [1.807, 2.05) is 45.9 Å². The number of alkyl carbamates (subject to hydrolysis) is 1. The molecule has 0 aliphatic rings. The molecule has 2 aromatic rings. The summed E-state index contributed by atoms with van der Waals surface area (Å²) in [6.45, 7) is 7.90. The molecular weight excluding hydrogens is 292 g/mol. The lowest BCUT2D eigenvalue weighted by Crippen LogP contribution is -2.32. The summed E-state index contributed by atoms with van der Waals surface area (Å²) in [5.41, 5.74) is 8.97. The van der Waals surface area contributed by atoms with E-state index in [4.69, 9.17) is 10.5 Å². The quantitative estimate of drug-likeness (QED) is 0.908. The van der Waals surface area contributed by atoms with Gasteiger partial charge in [0.2, 0.25) is 0 Å². The molecule has 2 rings (SSSR count). The Morgan fingerprint density at radius 1 is 1.26 bits per heavy atom. The topological polar surface area (TPSA) is 90.1 Å². The Labute approximate surface area is 136 Å². The van der Waals surface area contributed by atoms with E-state index in [0.717, 1.165) is 22.4 Å². The van der Waals surface area contributed by atoms with Crippen LogP contribution in [0.4, 0.5) is 10.6 Å². The fraction of sp³-hybridized carbons (Fsp3) is 0.353.